The molecule has 2 atom stereocenters. The van der Waals surface area contributed by atoms with Crippen LogP contribution < -0.4 is 20.5 Å². The maximum Gasteiger partial charge on any atom is 0.304 e. The van der Waals surface area contributed by atoms with E-state index in [4.69, 9.17) is 20.3 Å². The van der Waals surface area contributed by atoms with Crippen LogP contribution >= 0.6 is 0 Å². The SMILES string of the molecule is CNC(c1cc2c(cc1C)OCO2)C(N)CC(=O)O. The summed E-state index contributed by atoms with van der Waals surface area (Å²) in [6.45, 7) is 2.15. The number of benzene rings is 1. The second-order valence-corrected chi connectivity index (χ2v) is 4.59. The molecule has 1 aromatic rings. The lowest BCUT2D eigenvalue weighted by molar-refractivity contribution is -0.137. The molecule has 0 aromatic heterocycles. The fourth-order valence-corrected chi connectivity index (χ4v) is 2.31. The van der Waals surface area contributed by atoms with Gasteiger partial charge in [0.25, 0.3) is 0 Å². The Balaban J connectivity index is 2.30. The van der Waals surface area contributed by atoms with E-state index in [-0.39, 0.29) is 19.3 Å². The van der Waals surface area contributed by atoms with Crippen LogP contribution in [-0.2, 0) is 4.79 Å². The van der Waals surface area contributed by atoms with Gasteiger partial charge in [0.05, 0.1) is 6.42 Å². The van der Waals surface area contributed by atoms with E-state index in [9.17, 15) is 4.79 Å². The third-order valence-corrected chi connectivity index (χ3v) is 3.25. The smallest absolute Gasteiger partial charge is 0.304 e. The molecule has 0 saturated heterocycles. The van der Waals surface area contributed by atoms with Crippen LogP contribution in [0.1, 0.15) is 23.6 Å². The number of aryl methyl sites for hydroxylation is 1. The molecule has 1 aromatic carbocycles. The quantitative estimate of drug-likeness (QED) is 0.729. The Hall–Kier alpha value is -1.79. The number of nitrogens with two attached hydrogens (primary N) is 1. The molecule has 0 fully saturated rings. The molecule has 4 N–H and O–H groups in total. The molecule has 0 radical (unpaired) electrons. The number of fused-ring (bicyclic) bond motifs is 1. The van der Waals surface area contributed by atoms with E-state index in [0.29, 0.717) is 11.5 Å². The van der Waals surface area contributed by atoms with Crippen LogP contribution in [0.25, 0.3) is 0 Å². The molecule has 1 heterocycles. The van der Waals surface area contributed by atoms with Crippen molar-refractivity contribution in [1.29, 1.82) is 0 Å². The lowest BCUT2D eigenvalue weighted by atomic mass is 9.93. The summed E-state index contributed by atoms with van der Waals surface area (Å²) in [6, 6.07) is 2.99. The summed E-state index contributed by atoms with van der Waals surface area (Å²) in [4.78, 5) is 10.8. The second-order valence-electron chi connectivity index (χ2n) is 4.59. The summed E-state index contributed by atoms with van der Waals surface area (Å²) in [5.41, 5.74) is 7.88. The maximum atomic E-state index is 10.8. The Morgan fingerprint density at radius 1 is 1.47 bits per heavy atom. The Labute approximate surface area is 111 Å². The van der Waals surface area contributed by atoms with Gasteiger partial charge in [-0.25, -0.2) is 0 Å². The topological polar surface area (TPSA) is 93.8 Å². The lowest BCUT2D eigenvalue weighted by Crippen LogP contribution is -2.38. The van der Waals surface area contributed by atoms with Gasteiger partial charge in [0.1, 0.15) is 0 Å². The van der Waals surface area contributed by atoms with Crippen LogP contribution in [0, 0.1) is 6.92 Å². The molecule has 0 spiro atoms. The molecular weight excluding hydrogens is 248 g/mol. The van der Waals surface area contributed by atoms with E-state index in [1.165, 1.54) is 0 Å². The number of rotatable bonds is 5. The molecule has 104 valence electrons. The molecule has 6 heteroatoms. The lowest BCUT2D eigenvalue weighted by Gasteiger charge is -2.24. The summed E-state index contributed by atoms with van der Waals surface area (Å²) in [7, 11) is 1.76. The van der Waals surface area contributed by atoms with Gasteiger partial charge in [0, 0.05) is 12.1 Å². The van der Waals surface area contributed by atoms with Gasteiger partial charge in [-0.2, -0.15) is 0 Å². The number of nitrogens with one attached hydrogen (secondary N) is 1. The van der Waals surface area contributed by atoms with Gasteiger partial charge in [0.2, 0.25) is 6.79 Å². The monoisotopic (exact) mass is 266 g/mol. The molecule has 6 nitrogen and oxygen atoms in total. The van der Waals surface area contributed by atoms with Gasteiger partial charge in [-0.05, 0) is 37.2 Å². The molecule has 0 amide bonds. The first-order valence-electron chi connectivity index (χ1n) is 6.07. The first-order chi connectivity index (χ1) is 9.02. The summed E-state index contributed by atoms with van der Waals surface area (Å²) < 4.78 is 10.6. The number of hydrogen-bond acceptors (Lipinski definition) is 5. The summed E-state index contributed by atoms with van der Waals surface area (Å²) in [6.07, 6.45) is -0.0978. The van der Waals surface area contributed by atoms with Gasteiger partial charge < -0.3 is 25.6 Å². The number of hydrogen-bond donors (Lipinski definition) is 3. The molecule has 19 heavy (non-hydrogen) atoms. The zero-order valence-electron chi connectivity index (χ0n) is 11.0. The Bertz CT molecular complexity index is 490. The number of ether oxygens (including phenoxy) is 2. The molecular formula is C13H18N2O4. The number of aliphatic carboxylic acids is 1. The highest BCUT2D eigenvalue weighted by atomic mass is 16.7. The van der Waals surface area contributed by atoms with Crippen LogP contribution in [0.2, 0.25) is 0 Å². The van der Waals surface area contributed by atoms with Crippen molar-refractivity contribution >= 4 is 5.97 Å². The molecule has 0 bridgehead atoms. The minimum absolute atomic E-state index is 0.0978. The predicted octanol–water partition coefficient (Wildman–Crippen LogP) is 0.786. The minimum atomic E-state index is -0.911. The third kappa shape index (κ3) is 2.80. The highest BCUT2D eigenvalue weighted by Crippen LogP contribution is 2.37. The number of carboxylic acid groups (broad SMARTS) is 1. The van der Waals surface area contributed by atoms with Crippen LogP contribution in [0.4, 0.5) is 0 Å². The predicted molar refractivity (Wildman–Crippen MR) is 69.3 cm³/mol. The summed E-state index contributed by atoms with van der Waals surface area (Å²) in [5.74, 6) is 0.470. The van der Waals surface area contributed by atoms with E-state index in [0.717, 1.165) is 11.1 Å². The van der Waals surface area contributed by atoms with Crippen molar-refractivity contribution in [3.63, 3.8) is 0 Å². The zero-order valence-corrected chi connectivity index (χ0v) is 11.0. The normalized spacial score (nSPS) is 16.2. The van der Waals surface area contributed by atoms with Crippen LogP contribution in [-0.4, -0.2) is 31.0 Å². The molecule has 0 saturated carbocycles. The largest absolute Gasteiger partial charge is 0.481 e. The fraction of sp³-hybridized carbons (Fsp3) is 0.462. The van der Waals surface area contributed by atoms with Gasteiger partial charge >= 0.3 is 5.97 Å². The van der Waals surface area contributed by atoms with E-state index >= 15 is 0 Å². The van der Waals surface area contributed by atoms with Crippen molar-refractivity contribution in [3.05, 3.63) is 23.3 Å². The molecule has 2 rings (SSSR count). The zero-order chi connectivity index (χ0) is 14.0. The summed E-state index contributed by atoms with van der Waals surface area (Å²) in [5, 5.41) is 11.9. The molecule has 1 aliphatic heterocycles. The van der Waals surface area contributed by atoms with Crippen molar-refractivity contribution in [1.82, 2.24) is 5.32 Å². The number of likely N-dealkylation sites (N-methyl/N-ethyl adjacent to an activating group) is 1. The Morgan fingerprint density at radius 3 is 2.68 bits per heavy atom. The fourth-order valence-electron chi connectivity index (χ4n) is 2.31. The van der Waals surface area contributed by atoms with Crippen LogP contribution in [0.15, 0.2) is 12.1 Å². The van der Waals surface area contributed by atoms with Gasteiger partial charge in [-0.3, -0.25) is 4.79 Å². The maximum absolute atomic E-state index is 10.8. The number of carboxylic acids is 1. The van der Waals surface area contributed by atoms with Crippen molar-refractivity contribution in [2.24, 2.45) is 5.73 Å². The van der Waals surface area contributed by atoms with Crippen molar-refractivity contribution < 1.29 is 19.4 Å². The van der Waals surface area contributed by atoms with E-state index in [1.54, 1.807) is 7.05 Å². The van der Waals surface area contributed by atoms with Crippen molar-refractivity contribution in [2.45, 2.75) is 25.4 Å². The molecule has 2 unspecified atom stereocenters. The Morgan fingerprint density at radius 2 is 2.11 bits per heavy atom. The molecule has 1 aliphatic rings. The Kier molecular flexibility index (Phi) is 3.92. The first-order valence-corrected chi connectivity index (χ1v) is 6.07. The minimum Gasteiger partial charge on any atom is -0.481 e. The average Bonchev–Trinajstić information content (AvgIpc) is 2.76. The van der Waals surface area contributed by atoms with Crippen LogP contribution in [0.5, 0.6) is 11.5 Å². The van der Waals surface area contributed by atoms with Gasteiger partial charge in [-0.1, -0.05) is 0 Å². The molecule has 0 aliphatic carbocycles. The van der Waals surface area contributed by atoms with Crippen LogP contribution in [0.3, 0.4) is 0 Å². The van der Waals surface area contributed by atoms with Crippen molar-refractivity contribution in [3.8, 4) is 11.5 Å². The van der Waals surface area contributed by atoms with Crippen molar-refractivity contribution in [2.75, 3.05) is 13.8 Å². The first kappa shape index (κ1) is 13.6. The van der Waals surface area contributed by atoms with Gasteiger partial charge in [-0.15, -0.1) is 0 Å². The van der Waals surface area contributed by atoms with E-state index in [1.807, 2.05) is 19.1 Å². The van der Waals surface area contributed by atoms with Gasteiger partial charge in [0.15, 0.2) is 11.5 Å². The highest BCUT2D eigenvalue weighted by Gasteiger charge is 2.25. The average molecular weight is 266 g/mol. The number of carbonyl (C=O) groups is 1. The second kappa shape index (κ2) is 5.46. The highest BCUT2D eigenvalue weighted by molar-refractivity contribution is 5.67. The summed E-state index contributed by atoms with van der Waals surface area (Å²) >= 11 is 0. The third-order valence-electron chi connectivity index (χ3n) is 3.25. The van der Waals surface area contributed by atoms with E-state index in [2.05, 4.69) is 5.32 Å². The standard InChI is InChI=1S/C13H18N2O4/c1-7-3-10-11(19-6-18-10)4-8(7)13(15-2)9(14)5-12(16)17/h3-4,9,13,15H,5-6,14H2,1-2H3,(H,16,17). The van der Waals surface area contributed by atoms with E-state index < -0.39 is 12.0 Å².